The minimum atomic E-state index is 0.256. The van der Waals surface area contributed by atoms with Crippen molar-refractivity contribution < 1.29 is 5.11 Å². The molecule has 1 unspecified atom stereocenters. The number of aliphatic hydroxyl groups excluding tert-OH is 1. The molecule has 0 aromatic carbocycles. The van der Waals surface area contributed by atoms with Gasteiger partial charge in [0.05, 0.1) is 0 Å². The minimum absolute atomic E-state index is 0.256. The van der Waals surface area contributed by atoms with Crippen LogP contribution in [0.4, 0.5) is 0 Å². The van der Waals surface area contributed by atoms with E-state index in [4.69, 9.17) is 10.8 Å². The Morgan fingerprint density at radius 1 is 1.42 bits per heavy atom. The normalized spacial score (nSPS) is 13.8. The third kappa shape index (κ3) is 6.58. The number of rotatable bonds is 7. The second-order valence-electron chi connectivity index (χ2n) is 3.59. The first kappa shape index (κ1) is 11.9. The summed E-state index contributed by atoms with van der Waals surface area (Å²) in [5.41, 5.74) is 5.58. The fourth-order valence-corrected chi connectivity index (χ4v) is 1.22. The van der Waals surface area contributed by atoms with Crippen LogP contribution in [0.25, 0.3) is 0 Å². The fourth-order valence-electron chi connectivity index (χ4n) is 1.22. The molecule has 0 saturated carbocycles. The minimum Gasteiger partial charge on any atom is -0.396 e. The molecule has 0 bridgehead atoms. The van der Waals surface area contributed by atoms with Crippen LogP contribution in [0.1, 0.15) is 26.7 Å². The molecule has 4 N–H and O–H groups in total. The monoisotopic (exact) mass is 174 g/mol. The molecule has 74 valence electrons. The van der Waals surface area contributed by atoms with Gasteiger partial charge >= 0.3 is 0 Å². The lowest BCUT2D eigenvalue weighted by Gasteiger charge is -2.18. The highest BCUT2D eigenvalue weighted by atomic mass is 16.3. The van der Waals surface area contributed by atoms with Gasteiger partial charge in [0.15, 0.2) is 0 Å². The van der Waals surface area contributed by atoms with Gasteiger partial charge in [0, 0.05) is 19.2 Å². The number of nitrogens with two attached hydrogens (primary N) is 1. The number of hydrogen-bond acceptors (Lipinski definition) is 3. The van der Waals surface area contributed by atoms with Crippen molar-refractivity contribution in [2.75, 3.05) is 19.7 Å². The van der Waals surface area contributed by atoms with Crippen molar-refractivity contribution in [2.45, 2.75) is 32.7 Å². The summed E-state index contributed by atoms with van der Waals surface area (Å²) >= 11 is 0. The second kappa shape index (κ2) is 7.53. The molecule has 3 nitrogen and oxygen atoms in total. The SMILES string of the molecule is CC(C)CC(CN)NCCCO. The molecular formula is C9H22N2O. The van der Waals surface area contributed by atoms with Crippen LogP contribution in [-0.4, -0.2) is 30.8 Å². The summed E-state index contributed by atoms with van der Waals surface area (Å²) in [6, 6.07) is 0.413. The van der Waals surface area contributed by atoms with Gasteiger partial charge in [0.25, 0.3) is 0 Å². The Balaban J connectivity index is 3.39. The predicted octanol–water partition coefficient (Wildman–Crippen LogP) is 0.332. The highest BCUT2D eigenvalue weighted by Gasteiger charge is 2.06. The van der Waals surface area contributed by atoms with Crippen molar-refractivity contribution >= 4 is 0 Å². The topological polar surface area (TPSA) is 58.3 Å². The lowest BCUT2D eigenvalue weighted by Crippen LogP contribution is -2.37. The van der Waals surface area contributed by atoms with Gasteiger partial charge in [-0.25, -0.2) is 0 Å². The van der Waals surface area contributed by atoms with Gasteiger partial charge in [-0.1, -0.05) is 13.8 Å². The van der Waals surface area contributed by atoms with Crippen LogP contribution in [-0.2, 0) is 0 Å². The van der Waals surface area contributed by atoms with Crippen molar-refractivity contribution in [3.05, 3.63) is 0 Å². The van der Waals surface area contributed by atoms with E-state index in [-0.39, 0.29) is 6.61 Å². The van der Waals surface area contributed by atoms with Crippen LogP contribution in [0.15, 0.2) is 0 Å². The Bertz CT molecular complexity index is 96.5. The maximum atomic E-state index is 8.56. The van der Waals surface area contributed by atoms with Crippen LogP contribution in [0.5, 0.6) is 0 Å². The third-order valence-corrected chi connectivity index (χ3v) is 1.81. The van der Waals surface area contributed by atoms with Crippen molar-refractivity contribution in [1.29, 1.82) is 0 Å². The zero-order valence-corrected chi connectivity index (χ0v) is 8.21. The van der Waals surface area contributed by atoms with Gasteiger partial charge in [-0.3, -0.25) is 0 Å². The first-order chi connectivity index (χ1) is 5.70. The molecule has 0 aromatic heterocycles. The highest BCUT2D eigenvalue weighted by molar-refractivity contribution is 4.68. The van der Waals surface area contributed by atoms with E-state index >= 15 is 0 Å². The zero-order valence-electron chi connectivity index (χ0n) is 8.21. The van der Waals surface area contributed by atoms with Crippen molar-refractivity contribution in [3.8, 4) is 0 Å². The molecule has 1 atom stereocenters. The average molecular weight is 174 g/mol. The van der Waals surface area contributed by atoms with Crippen molar-refractivity contribution in [3.63, 3.8) is 0 Å². The van der Waals surface area contributed by atoms with E-state index < -0.39 is 0 Å². The molecule has 3 heteroatoms. The van der Waals surface area contributed by atoms with Crippen LogP contribution < -0.4 is 11.1 Å². The second-order valence-corrected chi connectivity index (χ2v) is 3.59. The Hall–Kier alpha value is -0.120. The van der Waals surface area contributed by atoms with Crippen molar-refractivity contribution in [2.24, 2.45) is 11.7 Å². The lowest BCUT2D eigenvalue weighted by atomic mass is 10.0. The predicted molar refractivity (Wildman–Crippen MR) is 52.0 cm³/mol. The molecule has 0 aromatic rings. The molecule has 0 aliphatic heterocycles. The first-order valence-corrected chi connectivity index (χ1v) is 4.75. The van der Waals surface area contributed by atoms with Gasteiger partial charge in [0.2, 0.25) is 0 Å². The summed E-state index contributed by atoms with van der Waals surface area (Å²) < 4.78 is 0. The molecule has 0 saturated heterocycles. The number of aliphatic hydroxyl groups is 1. The van der Waals surface area contributed by atoms with E-state index in [9.17, 15) is 0 Å². The first-order valence-electron chi connectivity index (χ1n) is 4.75. The molecular weight excluding hydrogens is 152 g/mol. The standard InChI is InChI=1S/C9H22N2O/c1-8(2)6-9(7-10)11-4-3-5-12/h8-9,11-12H,3-7,10H2,1-2H3. The largest absolute Gasteiger partial charge is 0.396 e. The van der Waals surface area contributed by atoms with Crippen LogP contribution in [0.3, 0.4) is 0 Å². The molecule has 0 amide bonds. The summed E-state index contributed by atoms with van der Waals surface area (Å²) in [6.07, 6.45) is 1.93. The smallest absolute Gasteiger partial charge is 0.0443 e. The zero-order chi connectivity index (χ0) is 9.40. The molecule has 0 radical (unpaired) electrons. The summed E-state index contributed by atoms with van der Waals surface area (Å²) in [7, 11) is 0. The fraction of sp³-hybridized carbons (Fsp3) is 1.00. The quantitative estimate of drug-likeness (QED) is 0.488. The van der Waals surface area contributed by atoms with Crippen LogP contribution in [0.2, 0.25) is 0 Å². The van der Waals surface area contributed by atoms with E-state index in [2.05, 4.69) is 19.2 Å². The Morgan fingerprint density at radius 2 is 2.08 bits per heavy atom. The molecule has 0 heterocycles. The molecule has 12 heavy (non-hydrogen) atoms. The molecule has 0 aliphatic carbocycles. The summed E-state index contributed by atoms with van der Waals surface area (Å²) in [5.74, 6) is 0.681. The molecule has 0 aliphatic rings. The van der Waals surface area contributed by atoms with Gasteiger partial charge in [-0.2, -0.15) is 0 Å². The van der Waals surface area contributed by atoms with E-state index in [1.54, 1.807) is 0 Å². The van der Waals surface area contributed by atoms with Gasteiger partial charge in [-0.05, 0) is 25.3 Å². The van der Waals surface area contributed by atoms with E-state index in [1.165, 1.54) is 0 Å². The van der Waals surface area contributed by atoms with E-state index in [1.807, 2.05) is 0 Å². The number of hydrogen-bond donors (Lipinski definition) is 3. The Morgan fingerprint density at radius 3 is 2.50 bits per heavy atom. The van der Waals surface area contributed by atoms with Gasteiger partial charge < -0.3 is 16.2 Å². The summed E-state index contributed by atoms with van der Waals surface area (Å²) in [4.78, 5) is 0. The van der Waals surface area contributed by atoms with Crippen LogP contribution in [0, 0.1) is 5.92 Å². The highest BCUT2D eigenvalue weighted by Crippen LogP contribution is 2.03. The van der Waals surface area contributed by atoms with E-state index in [0.717, 1.165) is 19.4 Å². The van der Waals surface area contributed by atoms with Gasteiger partial charge in [0.1, 0.15) is 0 Å². The Kier molecular flexibility index (Phi) is 7.45. The third-order valence-electron chi connectivity index (χ3n) is 1.81. The maximum absolute atomic E-state index is 8.56. The molecule has 0 rings (SSSR count). The lowest BCUT2D eigenvalue weighted by molar-refractivity contribution is 0.281. The van der Waals surface area contributed by atoms with E-state index in [0.29, 0.717) is 18.5 Å². The van der Waals surface area contributed by atoms with Crippen molar-refractivity contribution in [1.82, 2.24) is 5.32 Å². The molecule has 0 fully saturated rings. The average Bonchev–Trinajstić information content (AvgIpc) is 2.02. The summed E-state index contributed by atoms with van der Waals surface area (Å²) in [6.45, 7) is 6.19. The maximum Gasteiger partial charge on any atom is 0.0443 e. The Labute approximate surface area is 75.3 Å². The number of nitrogens with one attached hydrogen (secondary N) is 1. The molecule has 0 spiro atoms. The van der Waals surface area contributed by atoms with Crippen LogP contribution >= 0.6 is 0 Å². The van der Waals surface area contributed by atoms with Gasteiger partial charge in [-0.15, -0.1) is 0 Å². The summed E-state index contributed by atoms with van der Waals surface area (Å²) in [5, 5.41) is 11.9.